The maximum atomic E-state index is 14.0. The van der Waals surface area contributed by atoms with E-state index in [-0.39, 0.29) is 29.5 Å². The van der Waals surface area contributed by atoms with Crippen molar-refractivity contribution < 1.29 is 28.2 Å². The van der Waals surface area contributed by atoms with Crippen molar-refractivity contribution in [2.75, 3.05) is 19.0 Å². The smallest absolute Gasteiger partial charge is 0.293 e. The Labute approximate surface area is 218 Å². The van der Waals surface area contributed by atoms with E-state index in [4.69, 9.17) is 9.47 Å². The predicted octanol–water partition coefficient (Wildman–Crippen LogP) is 5.65. The van der Waals surface area contributed by atoms with E-state index >= 15 is 0 Å². The number of nitrogens with zero attached hydrogens (tertiary/aromatic N) is 1. The first-order valence-electron chi connectivity index (χ1n) is 11.6. The van der Waals surface area contributed by atoms with Crippen LogP contribution in [0.3, 0.4) is 0 Å². The lowest BCUT2D eigenvalue weighted by molar-refractivity contribution is -0.123. The third-order valence-electron chi connectivity index (χ3n) is 5.65. The van der Waals surface area contributed by atoms with Gasteiger partial charge in [-0.15, -0.1) is 0 Å². The molecule has 37 heavy (non-hydrogen) atoms. The van der Waals surface area contributed by atoms with E-state index in [1.165, 1.54) is 24.8 Å². The van der Waals surface area contributed by atoms with Crippen molar-refractivity contribution in [3.05, 3.63) is 94.1 Å². The van der Waals surface area contributed by atoms with Gasteiger partial charge >= 0.3 is 0 Å². The Morgan fingerprint density at radius 2 is 1.81 bits per heavy atom. The van der Waals surface area contributed by atoms with Crippen LogP contribution in [0, 0.1) is 5.82 Å². The topological polar surface area (TPSA) is 84.9 Å². The fourth-order valence-corrected chi connectivity index (χ4v) is 4.48. The molecule has 0 aliphatic carbocycles. The fraction of sp³-hybridized carbons (Fsp3) is 0.179. The van der Waals surface area contributed by atoms with Crippen LogP contribution in [0.25, 0.3) is 6.08 Å². The Morgan fingerprint density at radius 3 is 2.51 bits per heavy atom. The number of carbonyl (C=O) groups is 3. The van der Waals surface area contributed by atoms with Crippen LogP contribution in [0.4, 0.5) is 14.9 Å². The highest BCUT2D eigenvalue weighted by atomic mass is 32.2. The van der Waals surface area contributed by atoms with E-state index in [9.17, 15) is 18.8 Å². The van der Waals surface area contributed by atoms with Gasteiger partial charge in [0.15, 0.2) is 18.1 Å². The van der Waals surface area contributed by atoms with Gasteiger partial charge in [-0.1, -0.05) is 43.3 Å². The van der Waals surface area contributed by atoms with Gasteiger partial charge in [0.25, 0.3) is 17.1 Å². The molecule has 1 aliphatic heterocycles. The molecule has 4 rings (SSSR count). The second-order valence-electron chi connectivity index (χ2n) is 8.16. The van der Waals surface area contributed by atoms with E-state index in [0.717, 1.165) is 23.1 Å². The minimum atomic E-state index is -0.499. The number of amides is 3. The van der Waals surface area contributed by atoms with Gasteiger partial charge < -0.3 is 14.8 Å². The van der Waals surface area contributed by atoms with Crippen LogP contribution >= 0.6 is 11.8 Å². The van der Waals surface area contributed by atoms with Gasteiger partial charge in [-0.3, -0.25) is 19.3 Å². The van der Waals surface area contributed by atoms with Crippen LogP contribution in [0.1, 0.15) is 23.6 Å². The van der Waals surface area contributed by atoms with Crippen molar-refractivity contribution in [2.45, 2.75) is 19.9 Å². The summed E-state index contributed by atoms with van der Waals surface area (Å²) >= 11 is 0.788. The largest absolute Gasteiger partial charge is 0.493 e. The summed E-state index contributed by atoms with van der Waals surface area (Å²) in [6.07, 6.45) is 2.48. The molecule has 9 heteroatoms. The van der Waals surface area contributed by atoms with Crippen molar-refractivity contribution >= 4 is 40.6 Å². The SMILES string of the molecule is CCc1ccc(NC(=O)COc2ccc(C=C3SC(=O)N(Cc4ccccc4F)C3=O)cc2OC)cc1. The monoisotopic (exact) mass is 520 g/mol. The Kier molecular flexibility index (Phi) is 8.25. The van der Waals surface area contributed by atoms with Gasteiger partial charge in [0.2, 0.25) is 0 Å². The number of benzene rings is 3. The van der Waals surface area contributed by atoms with Crippen molar-refractivity contribution in [1.29, 1.82) is 0 Å². The molecule has 1 fully saturated rings. The minimum absolute atomic E-state index is 0.143. The molecule has 0 saturated carbocycles. The number of methoxy groups -OCH3 is 1. The summed E-state index contributed by atoms with van der Waals surface area (Å²) in [5.41, 5.74) is 2.71. The number of anilines is 1. The first kappa shape index (κ1) is 26.0. The molecule has 0 atom stereocenters. The van der Waals surface area contributed by atoms with Crippen molar-refractivity contribution in [3.63, 3.8) is 0 Å². The molecule has 1 aliphatic rings. The minimum Gasteiger partial charge on any atom is -0.493 e. The fourth-order valence-electron chi connectivity index (χ4n) is 3.64. The van der Waals surface area contributed by atoms with Crippen LogP contribution in [0.5, 0.6) is 11.5 Å². The summed E-state index contributed by atoms with van der Waals surface area (Å²) < 4.78 is 25.0. The van der Waals surface area contributed by atoms with Crippen molar-refractivity contribution in [3.8, 4) is 11.5 Å². The van der Waals surface area contributed by atoms with Crippen molar-refractivity contribution in [1.82, 2.24) is 4.90 Å². The summed E-state index contributed by atoms with van der Waals surface area (Å²) in [7, 11) is 1.46. The third-order valence-corrected chi connectivity index (χ3v) is 6.56. The number of nitrogens with one attached hydrogen (secondary N) is 1. The summed E-state index contributed by atoms with van der Waals surface area (Å²) in [5, 5.41) is 2.31. The average molecular weight is 521 g/mol. The highest BCUT2D eigenvalue weighted by molar-refractivity contribution is 8.18. The van der Waals surface area contributed by atoms with Crippen molar-refractivity contribution in [2.24, 2.45) is 0 Å². The van der Waals surface area contributed by atoms with Crippen LogP contribution in [-0.4, -0.2) is 35.7 Å². The molecule has 0 radical (unpaired) electrons. The number of imide groups is 1. The van der Waals surface area contributed by atoms with E-state index in [2.05, 4.69) is 12.2 Å². The number of thioether (sulfide) groups is 1. The number of hydrogen-bond donors (Lipinski definition) is 1. The summed E-state index contributed by atoms with van der Waals surface area (Å²) in [6.45, 7) is 1.69. The zero-order chi connectivity index (χ0) is 26.4. The highest BCUT2D eigenvalue weighted by Gasteiger charge is 2.35. The number of rotatable bonds is 9. The summed E-state index contributed by atoms with van der Waals surface area (Å²) in [5.74, 6) is -0.586. The molecule has 3 aromatic carbocycles. The molecule has 0 aromatic heterocycles. The summed E-state index contributed by atoms with van der Waals surface area (Å²) in [4.78, 5) is 38.8. The second-order valence-corrected chi connectivity index (χ2v) is 9.15. The van der Waals surface area contributed by atoms with E-state index in [1.54, 1.807) is 36.4 Å². The zero-order valence-electron chi connectivity index (χ0n) is 20.3. The number of ether oxygens (including phenoxy) is 2. The number of aryl methyl sites for hydroxylation is 1. The van der Waals surface area contributed by atoms with E-state index in [1.807, 2.05) is 24.3 Å². The Balaban J connectivity index is 1.41. The molecule has 3 amide bonds. The quantitative estimate of drug-likeness (QED) is 0.367. The molecule has 3 aromatic rings. The van der Waals surface area contributed by atoms with E-state index < -0.39 is 17.0 Å². The number of hydrogen-bond acceptors (Lipinski definition) is 6. The van der Waals surface area contributed by atoms with Gasteiger partial charge in [-0.2, -0.15) is 0 Å². The first-order chi connectivity index (χ1) is 17.9. The first-order valence-corrected chi connectivity index (χ1v) is 12.4. The lowest BCUT2D eigenvalue weighted by Crippen LogP contribution is -2.27. The molecule has 0 bridgehead atoms. The molecule has 1 heterocycles. The average Bonchev–Trinajstić information content (AvgIpc) is 3.16. The Hall–Kier alpha value is -4.11. The van der Waals surface area contributed by atoms with Crippen LogP contribution < -0.4 is 14.8 Å². The molecular weight excluding hydrogens is 495 g/mol. The maximum absolute atomic E-state index is 14.0. The van der Waals surface area contributed by atoms with Crippen LogP contribution in [0.15, 0.2) is 71.6 Å². The molecule has 190 valence electrons. The number of carbonyl (C=O) groups excluding carboxylic acids is 3. The van der Waals surface area contributed by atoms with E-state index in [0.29, 0.717) is 22.7 Å². The molecule has 0 spiro atoms. The Morgan fingerprint density at radius 1 is 1.05 bits per heavy atom. The van der Waals surface area contributed by atoms with Gasteiger partial charge in [0, 0.05) is 11.3 Å². The molecule has 0 unspecified atom stereocenters. The maximum Gasteiger partial charge on any atom is 0.293 e. The van der Waals surface area contributed by atoms with Gasteiger partial charge in [0.1, 0.15) is 5.82 Å². The molecule has 7 nitrogen and oxygen atoms in total. The van der Waals surface area contributed by atoms with Gasteiger partial charge in [-0.05, 0) is 65.7 Å². The van der Waals surface area contributed by atoms with Crippen LogP contribution in [0.2, 0.25) is 0 Å². The molecular formula is C28H25FN2O5S. The zero-order valence-corrected chi connectivity index (χ0v) is 21.1. The molecule has 1 saturated heterocycles. The lowest BCUT2D eigenvalue weighted by atomic mass is 10.1. The lowest BCUT2D eigenvalue weighted by Gasteiger charge is -2.13. The highest BCUT2D eigenvalue weighted by Crippen LogP contribution is 2.35. The predicted molar refractivity (Wildman–Crippen MR) is 141 cm³/mol. The van der Waals surface area contributed by atoms with Crippen LogP contribution in [-0.2, 0) is 22.6 Å². The standard InChI is InChI=1S/C28H25FN2O5S/c1-3-18-8-11-21(12-9-18)30-26(32)17-36-23-13-10-19(14-24(23)35-2)15-25-27(33)31(28(34)37-25)16-20-6-4-5-7-22(20)29/h4-15H,3,16-17H2,1-2H3,(H,30,32). The third kappa shape index (κ3) is 6.37. The second kappa shape index (κ2) is 11.7. The van der Waals surface area contributed by atoms with Gasteiger partial charge in [-0.25, -0.2) is 4.39 Å². The normalized spacial score (nSPS) is 14.2. The number of halogens is 1. The molecule has 1 N–H and O–H groups in total. The van der Waals surface area contributed by atoms with Gasteiger partial charge in [0.05, 0.1) is 18.6 Å². The summed E-state index contributed by atoms with van der Waals surface area (Å²) in [6, 6.07) is 18.5. The Bertz CT molecular complexity index is 1360.